The first-order valence-corrected chi connectivity index (χ1v) is 10.5. The number of ether oxygens (including phenoxy) is 1. The lowest BCUT2D eigenvalue weighted by Gasteiger charge is -2.22. The summed E-state index contributed by atoms with van der Waals surface area (Å²) < 4.78 is 5.13. The Morgan fingerprint density at radius 1 is 1.24 bits per heavy atom. The monoisotopic (exact) mass is 407 g/mol. The van der Waals surface area contributed by atoms with E-state index in [-0.39, 0.29) is 18.2 Å². The van der Waals surface area contributed by atoms with Gasteiger partial charge in [0.1, 0.15) is 16.8 Å². The van der Waals surface area contributed by atoms with Crippen LogP contribution in [0.2, 0.25) is 0 Å². The maximum absolute atomic E-state index is 12.9. The van der Waals surface area contributed by atoms with Crippen LogP contribution in [-0.2, 0) is 22.4 Å². The Balaban J connectivity index is 1.58. The van der Waals surface area contributed by atoms with Gasteiger partial charge in [0.25, 0.3) is 0 Å². The number of imide groups is 1. The second kappa shape index (κ2) is 7.88. The van der Waals surface area contributed by atoms with Crippen LogP contribution >= 0.6 is 11.8 Å². The summed E-state index contributed by atoms with van der Waals surface area (Å²) in [6.45, 7) is 2.20. The van der Waals surface area contributed by atoms with E-state index in [4.69, 9.17) is 9.72 Å². The number of amides is 2. The molecule has 4 rings (SSSR count). The summed E-state index contributed by atoms with van der Waals surface area (Å²) >= 11 is 1.22. The van der Waals surface area contributed by atoms with Gasteiger partial charge < -0.3 is 4.74 Å². The predicted molar refractivity (Wildman–Crippen MR) is 110 cm³/mol. The van der Waals surface area contributed by atoms with Gasteiger partial charge in [-0.25, -0.2) is 9.88 Å². The van der Waals surface area contributed by atoms with Crippen molar-refractivity contribution in [3.05, 3.63) is 47.2 Å². The molecule has 2 unspecified atom stereocenters. The molecule has 1 aromatic carbocycles. The number of anilines is 1. The second-order valence-electron chi connectivity index (χ2n) is 7.48. The second-order valence-corrected chi connectivity index (χ2v) is 8.67. The van der Waals surface area contributed by atoms with Crippen molar-refractivity contribution in [2.75, 3.05) is 12.0 Å². The molecule has 0 radical (unpaired) electrons. The molecule has 2 amide bonds. The first kappa shape index (κ1) is 19.5. The third-order valence-corrected chi connectivity index (χ3v) is 6.60. The van der Waals surface area contributed by atoms with Gasteiger partial charge in [-0.3, -0.25) is 9.59 Å². The third kappa shape index (κ3) is 3.73. The number of aromatic nitrogens is 1. The van der Waals surface area contributed by atoms with E-state index in [0.717, 1.165) is 30.5 Å². The maximum atomic E-state index is 12.9. The van der Waals surface area contributed by atoms with Crippen LogP contribution in [0.5, 0.6) is 5.75 Å². The Morgan fingerprint density at radius 3 is 2.69 bits per heavy atom. The Labute approximate surface area is 173 Å². The average Bonchev–Trinajstić information content (AvgIpc) is 3.00. The molecule has 1 aromatic heterocycles. The SMILES string of the molecule is COc1ccc(N2C(=O)CC(Sc3nc4c(cc3C#N)CC(C)CC4)C2=O)cc1. The van der Waals surface area contributed by atoms with E-state index in [1.807, 2.05) is 6.07 Å². The van der Waals surface area contributed by atoms with Crippen molar-refractivity contribution in [2.45, 2.75) is 42.9 Å². The summed E-state index contributed by atoms with van der Waals surface area (Å²) in [6.07, 6.45) is 2.97. The molecule has 0 N–H and O–H groups in total. The van der Waals surface area contributed by atoms with E-state index in [1.54, 1.807) is 31.4 Å². The summed E-state index contributed by atoms with van der Waals surface area (Å²) in [7, 11) is 1.56. The lowest BCUT2D eigenvalue weighted by Crippen LogP contribution is -2.31. The number of hydrogen-bond donors (Lipinski definition) is 0. The topological polar surface area (TPSA) is 83.3 Å². The fourth-order valence-corrected chi connectivity index (χ4v) is 4.93. The lowest BCUT2D eigenvalue weighted by atomic mass is 9.87. The summed E-state index contributed by atoms with van der Waals surface area (Å²) in [5, 5.41) is 9.55. The number of nitrogens with zero attached hydrogens (tertiary/aromatic N) is 3. The minimum absolute atomic E-state index is 0.0934. The van der Waals surface area contributed by atoms with Crippen molar-refractivity contribution >= 4 is 29.3 Å². The highest BCUT2D eigenvalue weighted by atomic mass is 32.2. The molecule has 1 saturated heterocycles. The molecule has 1 aliphatic carbocycles. The first-order chi connectivity index (χ1) is 14.0. The van der Waals surface area contributed by atoms with Crippen molar-refractivity contribution < 1.29 is 14.3 Å². The molecular formula is C22H21N3O3S. The highest BCUT2D eigenvalue weighted by Gasteiger charge is 2.41. The number of thioether (sulfide) groups is 1. The van der Waals surface area contributed by atoms with Gasteiger partial charge in [0.2, 0.25) is 11.8 Å². The molecule has 148 valence electrons. The Hall–Kier alpha value is -2.85. The van der Waals surface area contributed by atoms with Gasteiger partial charge in [-0.2, -0.15) is 5.26 Å². The zero-order chi connectivity index (χ0) is 20.5. The molecule has 2 aliphatic rings. The van der Waals surface area contributed by atoms with Gasteiger partial charge >= 0.3 is 0 Å². The van der Waals surface area contributed by atoms with E-state index >= 15 is 0 Å². The van der Waals surface area contributed by atoms with Crippen LogP contribution in [0.1, 0.15) is 36.6 Å². The highest BCUT2D eigenvalue weighted by Crippen LogP contribution is 2.36. The van der Waals surface area contributed by atoms with Gasteiger partial charge in [-0.15, -0.1) is 0 Å². The van der Waals surface area contributed by atoms with Crippen LogP contribution < -0.4 is 9.64 Å². The van der Waals surface area contributed by atoms with Crippen LogP contribution in [0.25, 0.3) is 0 Å². The molecule has 6 nitrogen and oxygen atoms in total. The molecule has 0 bridgehead atoms. The molecule has 0 spiro atoms. The number of hydrogen-bond acceptors (Lipinski definition) is 6. The number of fused-ring (bicyclic) bond motifs is 1. The van der Waals surface area contributed by atoms with E-state index in [0.29, 0.717) is 27.9 Å². The zero-order valence-corrected chi connectivity index (χ0v) is 17.2. The van der Waals surface area contributed by atoms with Crippen LogP contribution in [0.3, 0.4) is 0 Å². The van der Waals surface area contributed by atoms with Crippen molar-refractivity contribution in [3.8, 4) is 11.8 Å². The number of pyridine rings is 1. The fraction of sp³-hybridized carbons (Fsp3) is 0.364. The van der Waals surface area contributed by atoms with Gasteiger partial charge in [0.15, 0.2) is 0 Å². The Kier molecular flexibility index (Phi) is 5.29. The van der Waals surface area contributed by atoms with Crippen LogP contribution in [0, 0.1) is 17.2 Å². The van der Waals surface area contributed by atoms with Crippen LogP contribution in [0.15, 0.2) is 35.4 Å². The van der Waals surface area contributed by atoms with E-state index in [9.17, 15) is 14.9 Å². The van der Waals surface area contributed by atoms with Gasteiger partial charge in [0, 0.05) is 12.1 Å². The minimum atomic E-state index is -0.579. The number of carbonyl (C=O) groups excluding carboxylic acids is 2. The molecule has 2 atom stereocenters. The normalized spacial score (nSPS) is 21.1. The van der Waals surface area contributed by atoms with Crippen molar-refractivity contribution in [1.29, 1.82) is 5.26 Å². The number of methoxy groups -OCH3 is 1. The van der Waals surface area contributed by atoms with Gasteiger partial charge in [-0.1, -0.05) is 18.7 Å². The quantitative estimate of drug-likeness (QED) is 0.721. The van der Waals surface area contributed by atoms with Crippen molar-refractivity contribution in [3.63, 3.8) is 0 Å². The van der Waals surface area contributed by atoms with E-state index in [2.05, 4.69) is 13.0 Å². The highest BCUT2D eigenvalue weighted by molar-refractivity contribution is 8.00. The minimum Gasteiger partial charge on any atom is -0.497 e. The largest absolute Gasteiger partial charge is 0.497 e. The Morgan fingerprint density at radius 2 is 2.00 bits per heavy atom. The standard InChI is InChI=1S/C22H21N3O3S/c1-13-3-8-18-14(9-13)10-15(12-23)21(24-18)29-19-11-20(26)25(22(19)27)16-4-6-17(28-2)7-5-16/h4-7,10,13,19H,3,8-9,11H2,1-2H3. The average molecular weight is 407 g/mol. The summed E-state index contributed by atoms with van der Waals surface area (Å²) in [6, 6.07) is 10.9. The molecule has 1 fully saturated rings. The van der Waals surface area contributed by atoms with Crippen LogP contribution in [-0.4, -0.2) is 29.2 Å². The van der Waals surface area contributed by atoms with Crippen molar-refractivity contribution in [1.82, 2.24) is 4.98 Å². The van der Waals surface area contributed by atoms with Gasteiger partial charge in [-0.05, 0) is 61.1 Å². The zero-order valence-electron chi connectivity index (χ0n) is 16.3. The molecule has 0 saturated carbocycles. The number of rotatable bonds is 4. The maximum Gasteiger partial charge on any atom is 0.247 e. The lowest BCUT2D eigenvalue weighted by molar-refractivity contribution is -0.121. The van der Waals surface area contributed by atoms with Crippen molar-refractivity contribution in [2.24, 2.45) is 5.92 Å². The summed E-state index contributed by atoms with van der Waals surface area (Å²) in [5.74, 6) is 0.719. The first-order valence-electron chi connectivity index (χ1n) is 9.60. The summed E-state index contributed by atoms with van der Waals surface area (Å²) in [5.41, 5.74) is 3.13. The number of benzene rings is 1. The molecule has 1 aliphatic heterocycles. The molecular weight excluding hydrogens is 386 g/mol. The van der Waals surface area contributed by atoms with E-state index in [1.165, 1.54) is 16.7 Å². The molecule has 2 heterocycles. The Bertz CT molecular complexity index is 1010. The number of carbonyl (C=O) groups is 2. The third-order valence-electron chi connectivity index (χ3n) is 5.41. The molecule has 29 heavy (non-hydrogen) atoms. The fourth-order valence-electron chi connectivity index (χ4n) is 3.83. The molecule has 2 aromatic rings. The van der Waals surface area contributed by atoms with E-state index < -0.39 is 5.25 Å². The molecule has 7 heteroatoms. The predicted octanol–water partition coefficient (Wildman–Crippen LogP) is 3.51. The smallest absolute Gasteiger partial charge is 0.247 e. The van der Waals surface area contributed by atoms with Gasteiger partial charge in [0.05, 0.1) is 23.6 Å². The van der Waals surface area contributed by atoms with Crippen LogP contribution in [0.4, 0.5) is 5.69 Å². The number of aryl methyl sites for hydroxylation is 1. The number of nitriles is 1. The summed E-state index contributed by atoms with van der Waals surface area (Å²) in [4.78, 5) is 31.4.